The van der Waals surface area contributed by atoms with Crippen LogP contribution in [0.4, 0.5) is 0 Å². The quantitative estimate of drug-likeness (QED) is 0.857. The Kier molecular flexibility index (Phi) is 3.55. The van der Waals surface area contributed by atoms with Crippen molar-refractivity contribution in [2.24, 2.45) is 16.7 Å². The second-order valence-electron chi connectivity index (χ2n) is 9.10. The van der Waals surface area contributed by atoms with Crippen molar-refractivity contribution in [3.05, 3.63) is 11.3 Å². The van der Waals surface area contributed by atoms with Gasteiger partial charge in [0.05, 0.1) is 0 Å². The Balaban J connectivity index is 2.01. The van der Waals surface area contributed by atoms with E-state index in [4.69, 9.17) is 0 Å². The maximum Gasteiger partial charge on any atom is 0.268 e. The van der Waals surface area contributed by atoms with Crippen LogP contribution in [0.25, 0.3) is 0 Å². The molecule has 3 rings (SSSR count). The van der Waals surface area contributed by atoms with Gasteiger partial charge in [-0.25, -0.2) is 0 Å². The van der Waals surface area contributed by atoms with E-state index in [0.717, 1.165) is 31.6 Å². The fourth-order valence-electron chi connectivity index (χ4n) is 5.10. The van der Waals surface area contributed by atoms with Gasteiger partial charge in [-0.2, -0.15) is 5.26 Å². The summed E-state index contributed by atoms with van der Waals surface area (Å²) < 4.78 is 0. The van der Waals surface area contributed by atoms with Gasteiger partial charge >= 0.3 is 0 Å². The van der Waals surface area contributed by atoms with Gasteiger partial charge in [-0.1, -0.05) is 20.8 Å². The van der Waals surface area contributed by atoms with Crippen molar-refractivity contribution < 1.29 is 9.90 Å². The zero-order valence-electron chi connectivity index (χ0n) is 14.8. The monoisotopic (exact) mass is 316 g/mol. The number of amides is 1. The first kappa shape index (κ1) is 16.4. The van der Waals surface area contributed by atoms with Crippen LogP contribution in [-0.4, -0.2) is 28.0 Å². The molecule has 4 nitrogen and oxygen atoms in total. The number of hydrogen-bond donors (Lipinski definition) is 1. The molecule has 0 aromatic heterocycles. The van der Waals surface area contributed by atoms with Gasteiger partial charge in [-0.15, -0.1) is 0 Å². The van der Waals surface area contributed by atoms with E-state index >= 15 is 0 Å². The molecule has 2 saturated carbocycles. The molecule has 0 aromatic rings. The number of rotatable bonds is 3. The third-order valence-corrected chi connectivity index (χ3v) is 6.67. The minimum atomic E-state index is -0.703. The summed E-state index contributed by atoms with van der Waals surface area (Å²) in [6.07, 6.45) is 6.41. The number of carbonyl (C=O) groups excluding carboxylic acids is 1. The topological polar surface area (TPSA) is 64.3 Å². The summed E-state index contributed by atoms with van der Waals surface area (Å²) in [5, 5.41) is 20.2. The van der Waals surface area contributed by atoms with E-state index < -0.39 is 5.54 Å². The minimum absolute atomic E-state index is 0.0291. The van der Waals surface area contributed by atoms with Crippen molar-refractivity contribution in [1.82, 2.24) is 4.90 Å². The fraction of sp³-hybridized carbons (Fsp3) is 0.789. The highest BCUT2D eigenvalue weighted by molar-refractivity contribution is 6.01. The van der Waals surface area contributed by atoms with E-state index in [1.165, 1.54) is 12.8 Å². The Morgan fingerprint density at radius 1 is 1.35 bits per heavy atom. The molecule has 126 valence electrons. The lowest BCUT2D eigenvalue weighted by atomic mass is 9.66. The molecule has 1 unspecified atom stereocenters. The number of fused-ring (bicyclic) bond motifs is 2. The van der Waals surface area contributed by atoms with Crippen LogP contribution in [0.5, 0.6) is 0 Å². The van der Waals surface area contributed by atoms with Crippen molar-refractivity contribution in [2.45, 2.75) is 71.8 Å². The largest absolute Gasteiger partial charge is 0.508 e. The molecule has 2 aliphatic carbocycles. The molecule has 2 bridgehead atoms. The molecule has 3 aliphatic rings. The number of aliphatic hydroxyl groups excluding tert-OH is 1. The number of nitrogens with zero attached hydrogens (tertiary/aromatic N) is 2. The third kappa shape index (κ3) is 2.20. The minimum Gasteiger partial charge on any atom is -0.508 e. The zero-order chi connectivity index (χ0) is 17.0. The van der Waals surface area contributed by atoms with Gasteiger partial charge in [0.1, 0.15) is 17.4 Å². The number of hydrogen-bond acceptors (Lipinski definition) is 3. The summed E-state index contributed by atoms with van der Waals surface area (Å²) in [5.41, 5.74) is -0.678. The third-order valence-electron chi connectivity index (χ3n) is 6.67. The highest BCUT2D eigenvalue weighted by atomic mass is 16.3. The molecule has 0 spiro atoms. The highest BCUT2D eigenvalue weighted by Crippen LogP contribution is 2.64. The molecule has 4 heteroatoms. The van der Waals surface area contributed by atoms with Gasteiger partial charge in [-0.3, -0.25) is 4.79 Å². The Bertz CT molecular complexity index is 600. The van der Waals surface area contributed by atoms with Gasteiger partial charge in [0.2, 0.25) is 0 Å². The average molecular weight is 316 g/mol. The van der Waals surface area contributed by atoms with Gasteiger partial charge in [0.25, 0.3) is 5.91 Å². The van der Waals surface area contributed by atoms with Crippen molar-refractivity contribution in [3.63, 3.8) is 0 Å². The average Bonchev–Trinajstić information content (AvgIpc) is 3.12. The normalized spacial score (nSPS) is 36.9. The molecule has 23 heavy (non-hydrogen) atoms. The summed E-state index contributed by atoms with van der Waals surface area (Å²) in [6, 6.07) is 1.96. The van der Waals surface area contributed by atoms with Crippen molar-refractivity contribution in [2.75, 3.05) is 6.54 Å². The lowest BCUT2D eigenvalue weighted by molar-refractivity contribution is -0.134. The Labute approximate surface area is 139 Å². The van der Waals surface area contributed by atoms with Gasteiger partial charge < -0.3 is 10.0 Å². The molecular weight excluding hydrogens is 288 g/mol. The van der Waals surface area contributed by atoms with E-state index in [0.29, 0.717) is 6.54 Å². The predicted octanol–water partition coefficient (Wildman–Crippen LogP) is 3.94. The molecule has 0 radical (unpaired) electrons. The van der Waals surface area contributed by atoms with Crippen molar-refractivity contribution >= 4 is 5.91 Å². The molecule has 1 N–H and O–H groups in total. The zero-order valence-corrected chi connectivity index (χ0v) is 14.8. The molecule has 0 aromatic carbocycles. The first-order valence-electron chi connectivity index (χ1n) is 8.80. The second-order valence-corrected chi connectivity index (χ2v) is 9.10. The number of carbonyl (C=O) groups is 1. The standard InChI is InChI=1S/C19H28N2O2/c1-17(2,3)9-10-21-16(23)14(12-20)15(22)18(21,4)19-7-5-13(11-19)6-8-19/h13,22H,5-11H2,1-4H3. The van der Waals surface area contributed by atoms with Crippen LogP contribution in [0.1, 0.15) is 66.2 Å². The van der Waals surface area contributed by atoms with E-state index in [2.05, 4.69) is 20.8 Å². The number of nitriles is 1. The summed E-state index contributed by atoms with van der Waals surface area (Å²) in [6.45, 7) is 9.07. The van der Waals surface area contributed by atoms with Gasteiger partial charge in [-0.05, 0) is 56.8 Å². The smallest absolute Gasteiger partial charge is 0.268 e. The van der Waals surface area contributed by atoms with E-state index in [-0.39, 0.29) is 28.1 Å². The molecule has 1 heterocycles. The summed E-state index contributed by atoms with van der Waals surface area (Å²) in [4.78, 5) is 14.6. The molecule has 0 saturated heterocycles. The SMILES string of the molecule is CC(C)(C)CCN1C(=O)C(C#N)=C(O)C1(C)C12CCC(CC1)C2. The first-order chi connectivity index (χ1) is 10.6. The Morgan fingerprint density at radius 3 is 2.39 bits per heavy atom. The maximum absolute atomic E-state index is 12.8. The van der Waals surface area contributed by atoms with Crippen LogP contribution in [0.3, 0.4) is 0 Å². The lowest BCUT2D eigenvalue weighted by Crippen LogP contribution is -2.57. The van der Waals surface area contributed by atoms with Gasteiger partial charge in [0, 0.05) is 12.0 Å². The highest BCUT2D eigenvalue weighted by Gasteiger charge is 2.64. The molecule has 2 fully saturated rings. The van der Waals surface area contributed by atoms with Crippen molar-refractivity contribution in [3.8, 4) is 6.07 Å². The fourth-order valence-corrected chi connectivity index (χ4v) is 5.10. The maximum atomic E-state index is 12.8. The number of aliphatic hydroxyl groups is 1. The van der Waals surface area contributed by atoms with Crippen LogP contribution in [0.2, 0.25) is 0 Å². The van der Waals surface area contributed by atoms with E-state index in [1.54, 1.807) is 0 Å². The Morgan fingerprint density at radius 2 is 1.96 bits per heavy atom. The van der Waals surface area contributed by atoms with Crippen LogP contribution in [0.15, 0.2) is 11.3 Å². The summed E-state index contributed by atoms with van der Waals surface area (Å²) in [7, 11) is 0. The van der Waals surface area contributed by atoms with Gasteiger partial charge in [0.15, 0.2) is 5.57 Å². The van der Waals surface area contributed by atoms with Crippen molar-refractivity contribution in [1.29, 1.82) is 5.26 Å². The summed E-state index contributed by atoms with van der Waals surface area (Å²) in [5.74, 6) is 0.480. The molecule has 1 amide bonds. The second kappa shape index (κ2) is 5.00. The first-order valence-corrected chi connectivity index (χ1v) is 8.80. The molecule has 1 aliphatic heterocycles. The summed E-state index contributed by atoms with van der Waals surface area (Å²) >= 11 is 0. The van der Waals surface area contributed by atoms with E-state index in [1.807, 2.05) is 17.9 Å². The molecule has 1 atom stereocenters. The van der Waals surface area contributed by atoms with Crippen LogP contribution in [0, 0.1) is 28.1 Å². The van der Waals surface area contributed by atoms with Crippen LogP contribution in [-0.2, 0) is 4.79 Å². The Hall–Kier alpha value is -1.50. The van der Waals surface area contributed by atoms with Crippen LogP contribution >= 0.6 is 0 Å². The molecular formula is C19H28N2O2. The predicted molar refractivity (Wildman–Crippen MR) is 88.5 cm³/mol. The lowest BCUT2D eigenvalue weighted by Gasteiger charge is -2.49. The van der Waals surface area contributed by atoms with E-state index in [9.17, 15) is 15.2 Å². The van der Waals surface area contributed by atoms with Crippen LogP contribution < -0.4 is 0 Å².